The number of nitrogens with one attached hydrogen (secondary N) is 1. The van der Waals surface area contributed by atoms with Gasteiger partial charge in [0.25, 0.3) is 0 Å². The molecule has 1 rings (SSSR count). The summed E-state index contributed by atoms with van der Waals surface area (Å²) < 4.78 is 0. The van der Waals surface area contributed by atoms with Crippen molar-refractivity contribution in [2.75, 3.05) is 0 Å². The fourth-order valence-electron chi connectivity index (χ4n) is 0.518. The molecule has 4 heteroatoms. The van der Waals surface area contributed by atoms with Crippen LogP contribution in [-0.2, 0) is 0 Å². The quantitative estimate of drug-likeness (QED) is 0.604. The first-order valence-electron chi connectivity index (χ1n) is 2.52. The fourth-order valence-corrected chi connectivity index (χ4v) is 0.628. The molecule has 1 heterocycles. The predicted molar refractivity (Wildman–Crippen MR) is 36.8 cm³/mol. The summed E-state index contributed by atoms with van der Waals surface area (Å²) in [5.74, 6) is 0. The van der Waals surface area contributed by atoms with Crippen LogP contribution in [0.4, 0.5) is 0 Å². The van der Waals surface area contributed by atoms with Crippen molar-refractivity contribution in [1.29, 1.82) is 5.26 Å². The van der Waals surface area contributed by atoms with Crippen LogP contribution < -0.4 is 5.43 Å². The first kappa shape index (κ1) is 6.84. The summed E-state index contributed by atoms with van der Waals surface area (Å²) in [4.78, 5) is 13.2. The van der Waals surface area contributed by atoms with E-state index < -0.39 is 0 Å². The Bertz CT molecular complexity index is 336. The molecular formula is C6H3ClN2O. The number of nitrogens with zero attached hydrogens (tertiary/aromatic N) is 1. The van der Waals surface area contributed by atoms with Gasteiger partial charge in [-0.05, 0) is 0 Å². The molecule has 0 fully saturated rings. The van der Waals surface area contributed by atoms with E-state index in [1.165, 1.54) is 6.20 Å². The first-order valence-corrected chi connectivity index (χ1v) is 2.90. The lowest BCUT2D eigenvalue weighted by Crippen LogP contribution is -2.01. The number of hydrogen-bond donors (Lipinski definition) is 1. The average Bonchev–Trinajstić information content (AvgIpc) is 1.95. The number of hydrogen-bond acceptors (Lipinski definition) is 2. The molecule has 0 aliphatic rings. The summed E-state index contributed by atoms with van der Waals surface area (Å²) in [7, 11) is 0. The topological polar surface area (TPSA) is 56.6 Å². The lowest BCUT2D eigenvalue weighted by molar-refractivity contribution is 1.24. The largest absolute Gasteiger partial charge is 0.351 e. The monoisotopic (exact) mass is 154 g/mol. The van der Waals surface area contributed by atoms with Gasteiger partial charge >= 0.3 is 0 Å². The van der Waals surface area contributed by atoms with E-state index in [0.29, 0.717) is 0 Å². The molecule has 0 aliphatic carbocycles. The molecule has 1 aromatic heterocycles. The number of aromatic amines is 1. The van der Waals surface area contributed by atoms with Gasteiger partial charge in [0.1, 0.15) is 16.8 Å². The van der Waals surface area contributed by atoms with Gasteiger partial charge in [-0.3, -0.25) is 4.79 Å². The number of pyridine rings is 1. The van der Waals surface area contributed by atoms with Crippen molar-refractivity contribution in [3.05, 3.63) is 33.2 Å². The van der Waals surface area contributed by atoms with Gasteiger partial charge in [-0.1, -0.05) is 11.6 Å². The Balaban J connectivity index is 3.34. The third-order valence-electron chi connectivity index (χ3n) is 0.986. The maximum absolute atomic E-state index is 10.7. The number of rotatable bonds is 0. The van der Waals surface area contributed by atoms with E-state index in [2.05, 4.69) is 4.98 Å². The highest BCUT2D eigenvalue weighted by atomic mass is 35.5. The summed E-state index contributed by atoms with van der Waals surface area (Å²) in [6.45, 7) is 0. The molecule has 1 aromatic rings. The smallest absolute Gasteiger partial charge is 0.201 e. The van der Waals surface area contributed by atoms with E-state index >= 15 is 0 Å². The van der Waals surface area contributed by atoms with Gasteiger partial charge in [-0.25, -0.2) is 0 Å². The first-order chi connectivity index (χ1) is 4.74. The van der Waals surface area contributed by atoms with Crippen molar-refractivity contribution in [3.8, 4) is 6.07 Å². The molecule has 0 radical (unpaired) electrons. The van der Waals surface area contributed by atoms with Crippen molar-refractivity contribution >= 4 is 11.6 Å². The summed E-state index contributed by atoms with van der Waals surface area (Å²) in [6.07, 6.45) is 1.29. The number of aromatic nitrogens is 1. The van der Waals surface area contributed by atoms with Crippen LogP contribution in [-0.4, -0.2) is 4.98 Å². The Labute approximate surface area is 61.9 Å². The Morgan fingerprint density at radius 1 is 1.70 bits per heavy atom. The summed E-state index contributed by atoms with van der Waals surface area (Å²) >= 11 is 5.38. The molecule has 0 aromatic carbocycles. The van der Waals surface area contributed by atoms with Crippen LogP contribution in [0.2, 0.25) is 5.02 Å². The molecule has 50 valence electrons. The van der Waals surface area contributed by atoms with Gasteiger partial charge in [0, 0.05) is 12.3 Å². The van der Waals surface area contributed by atoms with Crippen LogP contribution >= 0.6 is 11.6 Å². The lowest BCUT2D eigenvalue weighted by atomic mass is 10.4. The molecular weight excluding hydrogens is 152 g/mol. The Morgan fingerprint density at radius 2 is 2.40 bits per heavy atom. The molecule has 0 spiro atoms. The van der Waals surface area contributed by atoms with E-state index in [4.69, 9.17) is 16.9 Å². The van der Waals surface area contributed by atoms with Crippen molar-refractivity contribution in [1.82, 2.24) is 4.98 Å². The maximum Gasteiger partial charge on any atom is 0.201 e. The molecule has 3 nitrogen and oxygen atoms in total. The van der Waals surface area contributed by atoms with Gasteiger partial charge < -0.3 is 4.98 Å². The second-order valence-corrected chi connectivity index (χ2v) is 2.08. The maximum atomic E-state index is 10.7. The predicted octanol–water partition coefficient (Wildman–Crippen LogP) is 0.900. The molecule has 1 N–H and O–H groups in total. The van der Waals surface area contributed by atoms with Gasteiger partial charge in [-0.15, -0.1) is 0 Å². The molecule has 0 atom stereocenters. The van der Waals surface area contributed by atoms with E-state index in [1.54, 1.807) is 6.07 Å². The minimum atomic E-state index is -0.336. The van der Waals surface area contributed by atoms with Crippen LogP contribution in [0.15, 0.2) is 17.1 Å². The van der Waals surface area contributed by atoms with Crippen LogP contribution in [0.25, 0.3) is 0 Å². The zero-order valence-corrected chi connectivity index (χ0v) is 5.64. The minimum Gasteiger partial charge on any atom is -0.351 e. The molecule has 0 bridgehead atoms. The second-order valence-electron chi connectivity index (χ2n) is 1.67. The highest BCUT2D eigenvalue weighted by Crippen LogP contribution is 1.97. The van der Waals surface area contributed by atoms with E-state index in [-0.39, 0.29) is 16.1 Å². The molecule has 10 heavy (non-hydrogen) atoms. The summed E-state index contributed by atoms with van der Waals surface area (Å²) in [5, 5.41) is 8.39. The Hall–Kier alpha value is -1.27. The van der Waals surface area contributed by atoms with E-state index in [9.17, 15) is 4.79 Å². The van der Waals surface area contributed by atoms with Crippen LogP contribution in [0.3, 0.4) is 0 Å². The fraction of sp³-hybridized carbons (Fsp3) is 0. The standard InChI is InChI=1S/C6H3ClN2O/c7-5-3-9-4(2-8)1-6(5)10/h1,3H,(H,9,10). The molecule has 0 unspecified atom stereocenters. The van der Waals surface area contributed by atoms with Gasteiger partial charge in [0.15, 0.2) is 0 Å². The second kappa shape index (κ2) is 2.54. The molecule has 0 amide bonds. The SMILES string of the molecule is N#Cc1cc(=O)c(Cl)c[nH]1. The number of nitriles is 1. The van der Waals surface area contributed by atoms with Crippen LogP contribution in [0.5, 0.6) is 0 Å². The molecule has 0 saturated heterocycles. The normalized spacial score (nSPS) is 8.80. The van der Waals surface area contributed by atoms with Crippen molar-refractivity contribution < 1.29 is 0 Å². The zero-order valence-electron chi connectivity index (χ0n) is 4.89. The third-order valence-corrected chi connectivity index (χ3v) is 1.28. The third kappa shape index (κ3) is 1.17. The van der Waals surface area contributed by atoms with Crippen LogP contribution in [0, 0.1) is 11.3 Å². The summed E-state index contributed by atoms with van der Waals surface area (Å²) in [6, 6.07) is 2.94. The van der Waals surface area contributed by atoms with E-state index in [1.807, 2.05) is 0 Å². The number of H-pyrrole nitrogens is 1. The van der Waals surface area contributed by atoms with Gasteiger partial charge in [-0.2, -0.15) is 5.26 Å². The van der Waals surface area contributed by atoms with Gasteiger partial charge in [0.05, 0.1) is 0 Å². The number of halogens is 1. The minimum absolute atomic E-state index is 0.0963. The molecule has 0 aliphatic heterocycles. The van der Waals surface area contributed by atoms with Crippen molar-refractivity contribution in [3.63, 3.8) is 0 Å². The Kier molecular flexibility index (Phi) is 1.74. The highest BCUT2D eigenvalue weighted by Gasteiger charge is 1.94. The van der Waals surface area contributed by atoms with Crippen molar-refractivity contribution in [2.24, 2.45) is 0 Å². The van der Waals surface area contributed by atoms with Gasteiger partial charge in [0.2, 0.25) is 5.43 Å². The average molecular weight is 155 g/mol. The zero-order chi connectivity index (χ0) is 7.56. The van der Waals surface area contributed by atoms with E-state index in [0.717, 1.165) is 6.07 Å². The van der Waals surface area contributed by atoms with Crippen molar-refractivity contribution in [2.45, 2.75) is 0 Å². The summed E-state index contributed by atoms with van der Waals surface area (Å²) in [5.41, 5.74) is -0.119. The highest BCUT2D eigenvalue weighted by molar-refractivity contribution is 6.30. The lowest BCUT2D eigenvalue weighted by Gasteiger charge is -1.87. The van der Waals surface area contributed by atoms with Crippen LogP contribution in [0.1, 0.15) is 5.69 Å². The Morgan fingerprint density at radius 3 is 2.90 bits per heavy atom. The molecule has 0 saturated carbocycles.